The molecule has 0 aliphatic carbocycles. The van der Waals surface area contributed by atoms with Gasteiger partial charge < -0.3 is 4.90 Å². The first-order valence-electron chi connectivity index (χ1n) is 5.18. The number of nitrogens with zero attached hydrogens (tertiary/aromatic N) is 1. The molecule has 0 fully saturated rings. The van der Waals surface area contributed by atoms with Crippen LogP contribution in [0.15, 0.2) is 24.3 Å². The van der Waals surface area contributed by atoms with Gasteiger partial charge in [0.15, 0.2) is 17.5 Å². The molecule has 0 saturated heterocycles. The molecule has 0 N–H and O–H groups in total. The molecule has 2 nitrogen and oxygen atoms in total. The number of carbonyl (C=O) groups excluding carboxylic acids is 1. The van der Waals surface area contributed by atoms with Crippen LogP contribution in [-0.2, 0) is 0 Å². The molecule has 1 aromatic carbocycles. The summed E-state index contributed by atoms with van der Waals surface area (Å²) in [7, 11) is 0. The lowest BCUT2D eigenvalue weighted by molar-refractivity contribution is 0.0769. The maximum absolute atomic E-state index is 13.0. The number of rotatable bonds is 1. The van der Waals surface area contributed by atoms with Gasteiger partial charge in [-0.2, -0.15) is 0 Å². The molecular weight excluding hydrogens is 231 g/mol. The van der Waals surface area contributed by atoms with Crippen molar-refractivity contribution in [2.45, 2.75) is 6.42 Å². The van der Waals surface area contributed by atoms with Gasteiger partial charge in [-0.15, -0.1) is 0 Å². The van der Waals surface area contributed by atoms with Gasteiger partial charge in [-0.3, -0.25) is 4.79 Å². The smallest absolute Gasteiger partial charge is 0.254 e. The largest absolute Gasteiger partial charge is 0.335 e. The van der Waals surface area contributed by atoms with Crippen LogP contribution in [-0.4, -0.2) is 23.9 Å². The monoisotopic (exact) mass is 241 g/mol. The molecule has 0 unspecified atom stereocenters. The highest BCUT2D eigenvalue weighted by atomic mass is 19.2. The summed E-state index contributed by atoms with van der Waals surface area (Å²) in [6.45, 7) is 0.898. The molecule has 5 heteroatoms. The molecule has 1 aromatic rings. The standard InChI is InChI=1S/C12H10F3NO/c13-9-6-8(7-10(14)11(9)15)12(17)16-4-2-1-3-5-16/h1-2,6-7H,3-5H2. The Morgan fingerprint density at radius 2 is 1.76 bits per heavy atom. The molecular formula is C12H10F3NO. The molecule has 0 aromatic heterocycles. The van der Waals surface area contributed by atoms with Crippen LogP contribution in [0.2, 0.25) is 0 Å². The van der Waals surface area contributed by atoms with E-state index in [-0.39, 0.29) is 5.56 Å². The van der Waals surface area contributed by atoms with E-state index >= 15 is 0 Å². The fraction of sp³-hybridized carbons (Fsp3) is 0.250. The minimum absolute atomic E-state index is 0.170. The Hall–Kier alpha value is -1.78. The van der Waals surface area contributed by atoms with Gasteiger partial charge >= 0.3 is 0 Å². The third-order valence-electron chi connectivity index (χ3n) is 2.58. The summed E-state index contributed by atoms with van der Waals surface area (Å²) in [6, 6.07) is 1.44. The Balaban J connectivity index is 2.28. The van der Waals surface area contributed by atoms with Crippen molar-refractivity contribution in [3.63, 3.8) is 0 Å². The lowest BCUT2D eigenvalue weighted by atomic mass is 10.1. The molecule has 1 aliphatic heterocycles. The molecule has 90 valence electrons. The number of benzene rings is 1. The first kappa shape index (κ1) is 11.7. The maximum Gasteiger partial charge on any atom is 0.254 e. The highest BCUT2D eigenvalue weighted by Crippen LogP contribution is 2.16. The van der Waals surface area contributed by atoms with Gasteiger partial charge in [-0.25, -0.2) is 13.2 Å². The summed E-state index contributed by atoms with van der Waals surface area (Å²) < 4.78 is 38.7. The topological polar surface area (TPSA) is 20.3 Å². The van der Waals surface area contributed by atoms with E-state index in [4.69, 9.17) is 0 Å². The van der Waals surface area contributed by atoms with Crippen LogP contribution in [0.3, 0.4) is 0 Å². The van der Waals surface area contributed by atoms with E-state index in [0.29, 0.717) is 19.5 Å². The first-order valence-corrected chi connectivity index (χ1v) is 5.18. The third kappa shape index (κ3) is 2.33. The van der Waals surface area contributed by atoms with Gasteiger partial charge in [0.25, 0.3) is 5.91 Å². The Morgan fingerprint density at radius 1 is 1.12 bits per heavy atom. The van der Waals surface area contributed by atoms with E-state index in [1.165, 1.54) is 4.90 Å². The molecule has 0 atom stereocenters. The molecule has 2 rings (SSSR count). The number of hydrogen-bond donors (Lipinski definition) is 0. The minimum atomic E-state index is -1.56. The lowest BCUT2D eigenvalue weighted by Crippen LogP contribution is -2.33. The molecule has 0 saturated carbocycles. The van der Waals surface area contributed by atoms with E-state index in [1.54, 1.807) is 6.08 Å². The number of carbonyl (C=O) groups is 1. The van der Waals surface area contributed by atoms with Gasteiger partial charge in [0, 0.05) is 18.7 Å². The average molecular weight is 241 g/mol. The van der Waals surface area contributed by atoms with Crippen LogP contribution in [0.4, 0.5) is 13.2 Å². The predicted octanol–water partition coefficient (Wildman–Crippen LogP) is 2.51. The van der Waals surface area contributed by atoms with Gasteiger partial charge in [0.2, 0.25) is 0 Å². The van der Waals surface area contributed by atoms with Crippen LogP contribution < -0.4 is 0 Å². The van der Waals surface area contributed by atoms with Crippen LogP contribution in [0.1, 0.15) is 16.8 Å². The zero-order valence-corrected chi connectivity index (χ0v) is 8.92. The fourth-order valence-electron chi connectivity index (χ4n) is 1.69. The second kappa shape index (κ2) is 4.61. The summed E-state index contributed by atoms with van der Waals surface area (Å²) >= 11 is 0. The second-order valence-electron chi connectivity index (χ2n) is 3.77. The molecule has 0 radical (unpaired) electrons. The molecule has 1 aliphatic rings. The third-order valence-corrected chi connectivity index (χ3v) is 2.58. The molecule has 1 heterocycles. The summed E-state index contributed by atoms with van der Waals surface area (Å²) in [5.74, 6) is -4.74. The summed E-state index contributed by atoms with van der Waals surface area (Å²) in [5, 5.41) is 0. The van der Waals surface area contributed by atoms with Gasteiger partial charge in [-0.05, 0) is 18.6 Å². The number of hydrogen-bond acceptors (Lipinski definition) is 1. The van der Waals surface area contributed by atoms with Gasteiger partial charge in [0.05, 0.1) is 0 Å². The maximum atomic E-state index is 13.0. The SMILES string of the molecule is O=C(c1cc(F)c(F)c(F)c1)N1CC=CCC1. The van der Waals surface area contributed by atoms with Crippen molar-refractivity contribution in [2.24, 2.45) is 0 Å². The van der Waals surface area contributed by atoms with Gasteiger partial charge in [-0.1, -0.05) is 12.2 Å². The van der Waals surface area contributed by atoms with E-state index < -0.39 is 23.4 Å². The quantitative estimate of drug-likeness (QED) is 0.546. The Morgan fingerprint density at radius 3 is 2.29 bits per heavy atom. The highest BCUT2D eigenvalue weighted by Gasteiger charge is 2.19. The Bertz CT molecular complexity index is 462. The van der Waals surface area contributed by atoms with Crippen LogP contribution in [0, 0.1) is 17.5 Å². The molecule has 1 amide bonds. The fourth-order valence-corrected chi connectivity index (χ4v) is 1.69. The zero-order valence-electron chi connectivity index (χ0n) is 8.92. The Labute approximate surface area is 96.3 Å². The predicted molar refractivity (Wildman–Crippen MR) is 56.0 cm³/mol. The number of amides is 1. The number of halogens is 3. The first-order chi connectivity index (χ1) is 8.09. The average Bonchev–Trinajstić information content (AvgIpc) is 2.35. The van der Waals surface area contributed by atoms with E-state index in [2.05, 4.69) is 0 Å². The summed E-state index contributed by atoms with van der Waals surface area (Å²) in [6.07, 6.45) is 4.44. The minimum Gasteiger partial charge on any atom is -0.335 e. The molecule has 0 bridgehead atoms. The van der Waals surface area contributed by atoms with Crippen LogP contribution >= 0.6 is 0 Å². The second-order valence-corrected chi connectivity index (χ2v) is 3.77. The summed E-state index contributed by atoms with van der Waals surface area (Å²) in [5.41, 5.74) is -0.170. The summed E-state index contributed by atoms with van der Waals surface area (Å²) in [4.78, 5) is 13.3. The normalized spacial score (nSPS) is 15.1. The van der Waals surface area contributed by atoms with Crippen LogP contribution in [0.25, 0.3) is 0 Å². The van der Waals surface area contributed by atoms with E-state index in [9.17, 15) is 18.0 Å². The van der Waals surface area contributed by atoms with Crippen molar-refractivity contribution in [3.05, 3.63) is 47.3 Å². The highest BCUT2D eigenvalue weighted by molar-refractivity contribution is 5.94. The van der Waals surface area contributed by atoms with Crippen molar-refractivity contribution in [3.8, 4) is 0 Å². The van der Waals surface area contributed by atoms with Crippen molar-refractivity contribution < 1.29 is 18.0 Å². The van der Waals surface area contributed by atoms with Gasteiger partial charge in [0.1, 0.15) is 0 Å². The molecule has 0 spiro atoms. The lowest BCUT2D eigenvalue weighted by Gasteiger charge is -2.23. The van der Waals surface area contributed by atoms with Crippen molar-refractivity contribution in [2.75, 3.05) is 13.1 Å². The molecule has 17 heavy (non-hydrogen) atoms. The Kier molecular flexibility index (Phi) is 3.17. The van der Waals surface area contributed by atoms with Crippen molar-refractivity contribution >= 4 is 5.91 Å². The van der Waals surface area contributed by atoms with Crippen molar-refractivity contribution in [1.82, 2.24) is 4.90 Å². The van der Waals surface area contributed by atoms with Crippen LogP contribution in [0.5, 0.6) is 0 Å². The van der Waals surface area contributed by atoms with E-state index in [1.807, 2.05) is 6.08 Å². The van der Waals surface area contributed by atoms with E-state index in [0.717, 1.165) is 12.1 Å². The zero-order chi connectivity index (χ0) is 12.4. The van der Waals surface area contributed by atoms with Crippen molar-refractivity contribution in [1.29, 1.82) is 0 Å².